The summed E-state index contributed by atoms with van der Waals surface area (Å²) in [5, 5.41) is 8.69. The van der Waals surface area contributed by atoms with E-state index in [1.807, 2.05) is 0 Å². The van der Waals surface area contributed by atoms with E-state index in [1.54, 1.807) is 6.92 Å². The van der Waals surface area contributed by atoms with Crippen LogP contribution in [0.15, 0.2) is 12.1 Å². The highest BCUT2D eigenvalue weighted by Gasteiger charge is 2.20. The summed E-state index contributed by atoms with van der Waals surface area (Å²) in [6, 6.07) is 2.51. The molecule has 0 spiro atoms. The Labute approximate surface area is 102 Å². The smallest absolute Gasteiger partial charge is 0.377 e. The van der Waals surface area contributed by atoms with Gasteiger partial charge in [-0.3, -0.25) is 4.79 Å². The first-order valence-corrected chi connectivity index (χ1v) is 5.12. The number of carbonyl (C=O) groups excluding carboxylic acids is 1. The Morgan fingerprint density at radius 3 is 2.44 bits per heavy atom. The van der Waals surface area contributed by atoms with Crippen LogP contribution in [0.25, 0.3) is 0 Å². The monoisotopic (exact) mass is 262 g/mol. The van der Waals surface area contributed by atoms with E-state index >= 15 is 0 Å². The molecule has 0 atom stereocenters. The Hall–Kier alpha value is -1.26. The summed E-state index contributed by atoms with van der Waals surface area (Å²) in [7, 11) is 0. The topological polar surface area (TPSA) is 63.6 Å². The van der Waals surface area contributed by atoms with Crippen molar-refractivity contribution in [3.05, 3.63) is 27.7 Å². The lowest BCUT2D eigenvalue weighted by molar-refractivity contribution is -0.131. The summed E-state index contributed by atoms with van der Waals surface area (Å²) in [5.41, 5.74) is -0.150. The number of rotatable bonds is 4. The highest BCUT2D eigenvalue weighted by Crippen LogP contribution is 2.31. The molecule has 0 aromatic heterocycles. The Morgan fingerprint density at radius 1 is 1.31 bits per heavy atom. The average Bonchev–Trinajstić information content (AvgIpc) is 2.22. The van der Waals surface area contributed by atoms with E-state index < -0.39 is 11.8 Å². The molecular formula is C10H8Cl2O4. The number of hydrogen-bond acceptors (Lipinski definition) is 3. The maximum atomic E-state index is 11.2. The van der Waals surface area contributed by atoms with Crippen LogP contribution in [0, 0.1) is 0 Å². The Balaban J connectivity index is 3.20. The number of carbonyl (C=O) groups is 2. The molecule has 0 fully saturated rings. The maximum absolute atomic E-state index is 11.2. The highest BCUT2D eigenvalue weighted by atomic mass is 35.5. The van der Waals surface area contributed by atoms with Gasteiger partial charge >= 0.3 is 5.97 Å². The van der Waals surface area contributed by atoms with Gasteiger partial charge in [0.25, 0.3) is 5.78 Å². The first kappa shape index (κ1) is 12.8. The second-order valence-corrected chi connectivity index (χ2v) is 3.64. The fourth-order valence-corrected chi connectivity index (χ4v) is 1.54. The molecule has 0 aliphatic carbocycles. The van der Waals surface area contributed by atoms with Crippen LogP contribution in [-0.2, 0) is 4.79 Å². The van der Waals surface area contributed by atoms with Gasteiger partial charge in [-0.15, -0.1) is 0 Å². The number of carboxylic acid groups (broad SMARTS) is 1. The van der Waals surface area contributed by atoms with Crippen molar-refractivity contribution in [2.45, 2.75) is 6.92 Å². The van der Waals surface area contributed by atoms with Gasteiger partial charge in [-0.05, 0) is 13.0 Å². The number of carboxylic acids is 1. The van der Waals surface area contributed by atoms with Crippen molar-refractivity contribution in [3.8, 4) is 5.75 Å². The molecule has 1 aromatic carbocycles. The second-order valence-electron chi connectivity index (χ2n) is 2.83. The molecule has 0 saturated heterocycles. The highest BCUT2D eigenvalue weighted by molar-refractivity contribution is 6.46. The third-order valence-corrected chi connectivity index (χ3v) is 2.37. The number of benzene rings is 1. The summed E-state index contributed by atoms with van der Waals surface area (Å²) in [6.45, 7) is 2.16. The number of ketones is 1. The molecule has 1 N–H and O–H groups in total. The molecule has 1 rings (SSSR count). The molecule has 6 heteroatoms. The number of halogens is 2. The molecule has 0 aliphatic rings. The lowest BCUT2D eigenvalue weighted by Gasteiger charge is -2.08. The van der Waals surface area contributed by atoms with Crippen molar-refractivity contribution < 1.29 is 19.4 Å². The second kappa shape index (κ2) is 5.18. The number of aliphatic carboxylic acids is 1. The molecule has 1 aromatic rings. The standard InChI is InChI=1S/C10H8Cl2O4/c1-2-16-8-4-6(11)5(3-7(8)12)9(13)10(14)15/h3-4H,2H2,1H3,(H,14,15). The lowest BCUT2D eigenvalue weighted by atomic mass is 10.1. The molecule has 0 radical (unpaired) electrons. The zero-order valence-electron chi connectivity index (χ0n) is 8.29. The first-order valence-electron chi connectivity index (χ1n) is 4.36. The molecule has 16 heavy (non-hydrogen) atoms. The van der Waals surface area contributed by atoms with E-state index in [2.05, 4.69) is 0 Å². The summed E-state index contributed by atoms with van der Waals surface area (Å²) in [4.78, 5) is 21.7. The molecular weight excluding hydrogens is 255 g/mol. The average molecular weight is 263 g/mol. The largest absolute Gasteiger partial charge is 0.492 e. The van der Waals surface area contributed by atoms with E-state index in [0.717, 1.165) is 0 Å². The summed E-state index contributed by atoms with van der Waals surface area (Å²) >= 11 is 11.6. The molecule has 0 amide bonds. The predicted octanol–water partition coefficient (Wildman–Crippen LogP) is 2.66. The minimum Gasteiger partial charge on any atom is -0.492 e. The van der Waals surface area contributed by atoms with E-state index in [-0.39, 0.29) is 15.6 Å². The molecule has 0 aliphatic heterocycles. The predicted molar refractivity (Wildman–Crippen MR) is 59.6 cm³/mol. The van der Waals surface area contributed by atoms with E-state index in [4.69, 9.17) is 33.0 Å². The normalized spacial score (nSPS) is 9.94. The van der Waals surface area contributed by atoms with Gasteiger partial charge in [0.1, 0.15) is 5.75 Å². The molecule has 4 nitrogen and oxygen atoms in total. The van der Waals surface area contributed by atoms with E-state index in [9.17, 15) is 9.59 Å². The van der Waals surface area contributed by atoms with Crippen molar-refractivity contribution >= 4 is 35.0 Å². The van der Waals surface area contributed by atoms with Crippen LogP contribution in [0.5, 0.6) is 5.75 Å². The number of ether oxygens (including phenoxy) is 1. The zero-order chi connectivity index (χ0) is 12.3. The Bertz CT molecular complexity index is 443. The molecule has 0 heterocycles. The van der Waals surface area contributed by atoms with Crippen molar-refractivity contribution in [2.75, 3.05) is 6.61 Å². The van der Waals surface area contributed by atoms with Crippen LogP contribution < -0.4 is 4.74 Å². The van der Waals surface area contributed by atoms with Crippen LogP contribution in [0.1, 0.15) is 17.3 Å². The Morgan fingerprint density at radius 2 is 1.94 bits per heavy atom. The first-order chi connectivity index (χ1) is 7.47. The zero-order valence-corrected chi connectivity index (χ0v) is 9.80. The minimum atomic E-state index is -1.58. The fraction of sp³-hybridized carbons (Fsp3) is 0.200. The number of Topliss-reactive ketones (excluding diaryl/α,β-unsaturated/α-hetero) is 1. The Kier molecular flexibility index (Phi) is 4.15. The van der Waals surface area contributed by atoms with Crippen LogP contribution in [0.4, 0.5) is 0 Å². The molecule has 0 saturated carbocycles. The SMILES string of the molecule is CCOc1cc(Cl)c(C(=O)C(=O)O)cc1Cl. The number of hydrogen-bond donors (Lipinski definition) is 1. The fourth-order valence-electron chi connectivity index (χ4n) is 1.08. The van der Waals surface area contributed by atoms with Gasteiger partial charge in [0, 0.05) is 11.6 Å². The van der Waals surface area contributed by atoms with Crippen molar-refractivity contribution in [1.29, 1.82) is 0 Å². The summed E-state index contributed by atoms with van der Waals surface area (Å²) in [6.07, 6.45) is 0. The van der Waals surface area contributed by atoms with Gasteiger partial charge in [0.15, 0.2) is 0 Å². The minimum absolute atomic E-state index is 0.000231. The summed E-state index contributed by atoms with van der Waals surface area (Å²) in [5.74, 6) is -2.37. The van der Waals surface area contributed by atoms with E-state index in [1.165, 1.54) is 12.1 Å². The van der Waals surface area contributed by atoms with Gasteiger partial charge < -0.3 is 9.84 Å². The van der Waals surface area contributed by atoms with Gasteiger partial charge in [0.2, 0.25) is 0 Å². The van der Waals surface area contributed by atoms with Crippen molar-refractivity contribution in [3.63, 3.8) is 0 Å². The van der Waals surface area contributed by atoms with Crippen LogP contribution >= 0.6 is 23.2 Å². The summed E-state index contributed by atoms with van der Waals surface area (Å²) < 4.78 is 5.14. The van der Waals surface area contributed by atoms with Crippen LogP contribution in [-0.4, -0.2) is 23.5 Å². The van der Waals surface area contributed by atoms with Gasteiger partial charge in [-0.1, -0.05) is 23.2 Å². The quantitative estimate of drug-likeness (QED) is 0.670. The van der Waals surface area contributed by atoms with E-state index in [0.29, 0.717) is 12.4 Å². The lowest BCUT2D eigenvalue weighted by Crippen LogP contribution is -2.13. The maximum Gasteiger partial charge on any atom is 0.377 e. The van der Waals surface area contributed by atoms with Gasteiger partial charge in [-0.25, -0.2) is 4.79 Å². The molecule has 0 bridgehead atoms. The van der Waals surface area contributed by atoms with Crippen LogP contribution in [0.2, 0.25) is 10.0 Å². The van der Waals surface area contributed by atoms with Crippen LogP contribution in [0.3, 0.4) is 0 Å². The molecule has 86 valence electrons. The van der Waals surface area contributed by atoms with Gasteiger partial charge in [-0.2, -0.15) is 0 Å². The van der Waals surface area contributed by atoms with Crippen molar-refractivity contribution in [1.82, 2.24) is 0 Å². The molecule has 0 unspecified atom stereocenters. The van der Waals surface area contributed by atoms with Gasteiger partial charge in [0.05, 0.1) is 16.7 Å². The third kappa shape index (κ3) is 2.65. The third-order valence-electron chi connectivity index (χ3n) is 1.76. The van der Waals surface area contributed by atoms with Crippen molar-refractivity contribution in [2.24, 2.45) is 0 Å².